The second kappa shape index (κ2) is 19.2. The maximum absolute atomic E-state index is 13.3. The van der Waals surface area contributed by atoms with Crippen molar-refractivity contribution < 1.29 is 27.5 Å². The number of allylic oxidation sites excluding steroid dienone is 1. The first-order valence-corrected chi connectivity index (χ1v) is 18.3. The summed E-state index contributed by atoms with van der Waals surface area (Å²) in [6.07, 6.45) is 11.1. The van der Waals surface area contributed by atoms with Gasteiger partial charge in [-0.1, -0.05) is 165 Å². The van der Waals surface area contributed by atoms with Crippen LogP contribution in [0.3, 0.4) is 0 Å². The number of carbonyl (C=O) groups excluding carboxylic acids is 1. The Kier molecular flexibility index (Phi) is 16.5. The van der Waals surface area contributed by atoms with Gasteiger partial charge in [-0.25, -0.2) is 0 Å². The lowest BCUT2D eigenvalue weighted by atomic mass is 10.0. The van der Waals surface area contributed by atoms with E-state index in [9.17, 15) is 23.1 Å². The van der Waals surface area contributed by atoms with Gasteiger partial charge in [0, 0.05) is 0 Å². The van der Waals surface area contributed by atoms with Crippen molar-refractivity contribution in [1.82, 2.24) is 5.32 Å². The Morgan fingerprint density at radius 1 is 0.818 bits per heavy atom. The minimum Gasteiger partial charge on any atom is -0.405 e. The van der Waals surface area contributed by atoms with Crippen molar-refractivity contribution in [3.63, 3.8) is 0 Å². The van der Waals surface area contributed by atoms with Gasteiger partial charge in [0.1, 0.15) is 0 Å². The van der Waals surface area contributed by atoms with Gasteiger partial charge in [0.2, 0.25) is 0 Å². The van der Waals surface area contributed by atoms with Crippen molar-refractivity contribution in [2.75, 3.05) is 6.61 Å². The third kappa shape index (κ3) is 12.2. The van der Waals surface area contributed by atoms with Gasteiger partial charge in [0.05, 0.1) is 18.8 Å². The quantitative estimate of drug-likeness (QED) is 0.0878. The van der Waals surface area contributed by atoms with Crippen LogP contribution in [-0.2, 0) is 9.22 Å². The largest absolute Gasteiger partial charge is 0.471 e. The molecule has 44 heavy (non-hydrogen) atoms. The van der Waals surface area contributed by atoms with Crippen LogP contribution in [0, 0.1) is 0 Å². The van der Waals surface area contributed by atoms with Crippen LogP contribution in [-0.4, -0.2) is 44.3 Å². The van der Waals surface area contributed by atoms with Crippen molar-refractivity contribution >= 4 is 24.6 Å². The Labute approximate surface area is 264 Å². The normalized spacial score (nSPS) is 14.1. The molecule has 246 valence electrons. The molecule has 0 spiro atoms. The fourth-order valence-corrected chi connectivity index (χ4v) is 10.3. The summed E-state index contributed by atoms with van der Waals surface area (Å²) in [6.45, 7) is 8.14. The molecule has 4 nitrogen and oxygen atoms in total. The third-order valence-corrected chi connectivity index (χ3v) is 13.2. The lowest BCUT2D eigenvalue weighted by Crippen LogP contribution is -2.68. The molecule has 2 N–H and O–H groups in total. The van der Waals surface area contributed by atoms with Crippen LogP contribution in [0.2, 0.25) is 5.04 Å². The Balaban J connectivity index is 2.08. The molecule has 0 aliphatic rings. The number of aliphatic hydroxyl groups excluding tert-OH is 1. The summed E-state index contributed by atoms with van der Waals surface area (Å²) in [5, 5.41) is 14.5. The second-order valence-electron chi connectivity index (χ2n) is 12.8. The number of alkyl halides is 3. The molecule has 0 fully saturated rings. The maximum atomic E-state index is 13.3. The topological polar surface area (TPSA) is 58.6 Å². The van der Waals surface area contributed by atoms with E-state index in [1.807, 2.05) is 66.0 Å². The van der Waals surface area contributed by atoms with Crippen molar-refractivity contribution in [2.24, 2.45) is 0 Å². The highest BCUT2D eigenvalue weighted by Crippen LogP contribution is 2.37. The summed E-state index contributed by atoms with van der Waals surface area (Å²) in [5.74, 6) is -2.09. The summed E-state index contributed by atoms with van der Waals surface area (Å²) >= 11 is 0. The summed E-state index contributed by atoms with van der Waals surface area (Å²) in [7, 11) is -3.09. The molecule has 0 saturated heterocycles. The standard InChI is InChI=1S/C36H54F3NO3Si/c1-5-6-7-8-9-10-11-12-13-14-15-16-23-28-33(41)32(40-34(42)36(37,38)39)29-43-44(35(2,3)4,30-24-19-17-20-25-30)31-26-21-18-22-27-31/h17-28,32-33,41H,5-16,29H2,1-4H3,(H,40,42)/b28-23+/t32-,33+/m0/s1. The maximum Gasteiger partial charge on any atom is 0.471 e. The Bertz CT molecular complexity index is 1050. The predicted molar refractivity (Wildman–Crippen MR) is 178 cm³/mol. The number of carbonyl (C=O) groups is 1. The highest BCUT2D eigenvalue weighted by molar-refractivity contribution is 6.99. The van der Waals surface area contributed by atoms with Crippen molar-refractivity contribution in [3.8, 4) is 0 Å². The summed E-state index contributed by atoms with van der Waals surface area (Å²) in [4.78, 5) is 12.0. The van der Waals surface area contributed by atoms with Crippen LogP contribution < -0.4 is 15.7 Å². The zero-order valence-electron chi connectivity index (χ0n) is 27.2. The van der Waals surface area contributed by atoms with E-state index in [2.05, 4.69) is 27.7 Å². The van der Waals surface area contributed by atoms with Gasteiger partial charge in [-0.2, -0.15) is 13.2 Å². The number of hydrogen-bond donors (Lipinski definition) is 2. The van der Waals surface area contributed by atoms with E-state index in [1.165, 1.54) is 57.4 Å². The molecule has 2 aromatic rings. The first kappa shape index (κ1) is 37.8. The first-order chi connectivity index (χ1) is 20.9. The zero-order valence-corrected chi connectivity index (χ0v) is 28.2. The van der Waals surface area contributed by atoms with Crippen LogP contribution >= 0.6 is 0 Å². The van der Waals surface area contributed by atoms with Crippen molar-refractivity contribution in [3.05, 3.63) is 72.8 Å². The second-order valence-corrected chi connectivity index (χ2v) is 17.1. The van der Waals surface area contributed by atoms with Gasteiger partial charge in [0.15, 0.2) is 0 Å². The minimum atomic E-state index is -5.07. The lowest BCUT2D eigenvalue weighted by Gasteiger charge is -2.44. The van der Waals surface area contributed by atoms with Gasteiger partial charge >= 0.3 is 12.1 Å². The van der Waals surface area contributed by atoms with Crippen LogP contribution in [0.1, 0.15) is 105 Å². The van der Waals surface area contributed by atoms with E-state index >= 15 is 0 Å². The minimum absolute atomic E-state index is 0.279. The molecule has 0 bridgehead atoms. The summed E-state index contributed by atoms with van der Waals surface area (Å²) in [5.41, 5.74) is 0. The first-order valence-electron chi connectivity index (χ1n) is 16.4. The average Bonchev–Trinajstić information content (AvgIpc) is 2.99. The number of amides is 1. The van der Waals surface area contributed by atoms with Crippen molar-refractivity contribution in [2.45, 2.75) is 128 Å². The SMILES string of the molecule is CCCCCCCCCCCCC/C=C/[C@@H](O)[C@H](CO[Si](c1ccccc1)(c1ccccc1)C(C)(C)C)NC(=O)C(F)(F)F. The van der Waals surface area contributed by atoms with Gasteiger partial charge in [-0.3, -0.25) is 4.79 Å². The van der Waals surface area contributed by atoms with Crippen LogP contribution in [0.4, 0.5) is 13.2 Å². The van der Waals surface area contributed by atoms with Crippen LogP contribution in [0.25, 0.3) is 0 Å². The third-order valence-electron chi connectivity index (χ3n) is 8.19. The number of rotatable bonds is 20. The van der Waals surface area contributed by atoms with Gasteiger partial charge in [-0.05, 0) is 28.3 Å². The number of unbranched alkanes of at least 4 members (excludes halogenated alkanes) is 11. The number of nitrogens with one attached hydrogen (secondary N) is 1. The highest BCUT2D eigenvalue weighted by atomic mass is 28.4. The smallest absolute Gasteiger partial charge is 0.405 e. The van der Waals surface area contributed by atoms with E-state index in [-0.39, 0.29) is 6.61 Å². The van der Waals surface area contributed by atoms with Gasteiger partial charge < -0.3 is 14.8 Å². The van der Waals surface area contributed by atoms with Crippen molar-refractivity contribution in [1.29, 1.82) is 0 Å². The molecule has 0 radical (unpaired) electrons. The van der Waals surface area contributed by atoms with Gasteiger partial charge in [0.25, 0.3) is 8.32 Å². The fraction of sp³-hybridized carbons (Fsp3) is 0.583. The highest BCUT2D eigenvalue weighted by Gasteiger charge is 2.51. The zero-order chi connectivity index (χ0) is 32.5. The number of aliphatic hydroxyl groups is 1. The lowest BCUT2D eigenvalue weighted by molar-refractivity contribution is -0.175. The monoisotopic (exact) mass is 633 g/mol. The van der Waals surface area contributed by atoms with E-state index in [1.54, 1.807) is 6.08 Å². The molecule has 2 rings (SSSR count). The molecule has 0 aromatic heterocycles. The summed E-state index contributed by atoms with van der Waals surface area (Å²) < 4.78 is 46.6. The number of benzene rings is 2. The molecule has 0 saturated carbocycles. The molecule has 0 heterocycles. The Morgan fingerprint density at radius 3 is 1.70 bits per heavy atom. The fourth-order valence-electron chi connectivity index (χ4n) is 5.75. The Hall–Kier alpha value is -2.42. The molecule has 2 atom stereocenters. The molecule has 0 aliphatic heterocycles. The van der Waals surface area contributed by atoms with E-state index < -0.39 is 37.6 Å². The van der Waals surface area contributed by atoms with Crippen LogP contribution in [0.5, 0.6) is 0 Å². The molecule has 1 amide bonds. The molecular weight excluding hydrogens is 579 g/mol. The number of hydrogen-bond acceptors (Lipinski definition) is 3. The van der Waals surface area contributed by atoms with Crippen LogP contribution in [0.15, 0.2) is 72.8 Å². The molecule has 8 heteroatoms. The molecular formula is C36H54F3NO3Si. The average molecular weight is 634 g/mol. The van der Waals surface area contributed by atoms with E-state index in [0.29, 0.717) is 6.42 Å². The molecule has 0 aliphatic carbocycles. The predicted octanol–water partition coefficient (Wildman–Crippen LogP) is 8.23. The van der Waals surface area contributed by atoms with E-state index in [4.69, 9.17) is 4.43 Å². The van der Waals surface area contributed by atoms with E-state index in [0.717, 1.165) is 29.6 Å². The molecule has 0 unspecified atom stereocenters. The molecule has 2 aromatic carbocycles. The van der Waals surface area contributed by atoms with Gasteiger partial charge in [-0.15, -0.1) is 0 Å². The summed E-state index contributed by atoms with van der Waals surface area (Å²) in [6, 6.07) is 18.2. The number of halogens is 3. The Morgan fingerprint density at radius 2 is 1.27 bits per heavy atom.